The largest absolute Gasteiger partial charge is 0.455 e. The van der Waals surface area contributed by atoms with E-state index < -0.39 is 0 Å². The number of alkyl halides is 1. The molecular weight excluding hydrogens is 274 g/mol. The maximum absolute atomic E-state index is 5.78. The Hall–Kier alpha value is -2.07. The molecule has 4 nitrogen and oxygen atoms in total. The Bertz CT molecular complexity index is 624. The maximum atomic E-state index is 5.78. The van der Waals surface area contributed by atoms with Crippen LogP contribution in [0.15, 0.2) is 41.5 Å². The van der Waals surface area contributed by atoms with Gasteiger partial charge in [-0.2, -0.15) is 0 Å². The number of hydrogen-bond acceptors (Lipinski definition) is 3. The van der Waals surface area contributed by atoms with E-state index in [1.54, 1.807) is 6.20 Å². The molecule has 0 unspecified atom stereocenters. The van der Waals surface area contributed by atoms with Crippen LogP contribution < -0.4 is 10.5 Å². The van der Waals surface area contributed by atoms with Crippen molar-refractivity contribution < 1.29 is 4.74 Å². The Morgan fingerprint density at radius 1 is 1.30 bits per heavy atom. The third kappa shape index (κ3) is 3.71. The molecule has 0 spiro atoms. The zero-order valence-corrected chi connectivity index (χ0v) is 12.2. The Labute approximate surface area is 123 Å². The minimum absolute atomic E-state index is 0.215. The second kappa shape index (κ2) is 6.39. The van der Waals surface area contributed by atoms with Gasteiger partial charge in [0.2, 0.25) is 0 Å². The van der Waals surface area contributed by atoms with E-state index in [4.69, 9.17) is 22.1 Å². The van der Waals surface area contributed by atoms with Crippen molar-refractivity contribution >= 4 is 23.1 Å². The molecule has 0 amide bonds. The highest BCUT2D eigenvalue weighted by molar-refractivity contribution is 6.28. The predicted molar refractivity (Wildman–Crippen MR) is 82.2 cm³/mol. The number of rotatable bonds is 4. The molecule has 0 radical (unpaired) electrons. The van der Waals surface area contributed by atoms with Gasteiger partial charge in [-0.25, -0.2) is 4.99 Å². The molecule has 5 heteroatoms. The van der Waals surface area contributed by atoms with Gasteiger partial charge in [0.1, 0.15) is 17.3 Å². The number of ether oxygens (including phenoxy) is 1. The minimum atomic E-state index is 0.215. The molecule has 1 heterocycles. The molecule has 0 fully saturated rings. The van der Waals surface area contributed by atoms with Crippen molar-refractivity contribution in [1.82, 2.24) is 4.98 Å². The summed E-state index contributed by atoms with van der Waals surface area (Å²) in [5, 5.41) is 0. The number of amidine groups is 1. The summed E-state index contributed by atoms with van der Waals surface area (Å²) < 4.78 is 5.78. The van der Waals surface area contributed by atoms with E-state index in [1.807, 2.05) is 44.2 Å². The smallest absolute Gasteiger partial charge is 0.145 e. The fraction of sp³-hybridized carbons (Fsp3) is 0.200. The van der Waals surface area contributed by atoms with Crippen molar-refractivity contribution in [3.8, 4) is 11.5 Å². The summed E-state index contributed by atoms with van der Waals surface area (Å²) >= 11 is 5.61. The number of aryl methyl sites for hydroxylation is 2. The standard InChI is InChI=1S/C15H16ClN3O/c1-10-7-12(19-15(17)8-16)4-6-14(10)20-13-5-3-11(2)18-9-13/h3-7,9H,8H2,1-2H3,(H2,17,19). The fourth-order valence-corrected chi connectivity index (χ4v) is 1.71. The molecule has 0 aliphatic heterocycles. The average Bonchev–Trinajstić information content (AvgIpc) is 2.44. The van der Waals surface area contributed by atoms with E-state index in [1.165, 1.54) is 0 Å². The quantitative estimate of drug-likeness (QED) is 0.530. The van der Waals surface area contributed by atoms with Gasteiger partial charge in [0, 0.05) is 5.69 Å². The molecule has 0 bridgehead atoms. The van der Waals surface area contributed by atoms with Gasteiger partial charge < -0.3 is 10.5 Å². The summed E-state index contributed by atoms with van der Waals surface area (Å²) in [6.45, 7) is 3.88. The van der Waals surface area contributed by atoms with Gasteiger partial charge in [0.05, 0.1) is 17.8 Å². The van der Waals surface area contributed by atoms with Gasteiger partial charge >= 0.3 is 0 Å². The number of hydrogen-bond donors (Lipinski definition) is 1. The molecule has 1 aromatic heterocycles. The van der Waals surface area contributed by atoms with Crippen molar-refractivity contribution in [2.75, 3.05) is 5.88 Å². The number of nitrogens with two attached hydrogens (primary N) is 1. The summed E-state index contributed by atoms with van der Waals surface area (Å²) in [6.07, 6.45) is 1.70. The summed E-state index contributed by atoms with van der Waals surface area (Å²) in [5.74, 6) is 2.07. The third-order valence-electron chi connectivity index (χ3n) is 2.68. The Morgan fingerprint density at radius 3 is 2.70 bits per heavy atom. The molecule has 0 saturated heterocycles. The SMILES string of the molecule is Cc1ccc(Oc2ccc(N=C(N)CCl)cc2C)cn1. The molecule has 1 aromatic carbocycles. The lowest BCUT2D eigenvalue weighted by Crippen LogP contribution is -2.12. The molecule has 0 aliphatic rings. The molecule has 0 aliphatic carbocycles. The van der Waals surface area contributed by atoms with Crippen molar-refractivity contribution in [3.63, 3.8) is 0 Å². The first-order chi connectivity index (χ1) is 9.58. The number of halogens is 1. The van der Waals surface area contributed by atoms with E-state index in [0.717, 1.165) is 22.7 Å². The van der Waals surface area contributed by atoms with Crippen molar-refractivity contribution in [3.05, 3.63) is 47.8 Å². The number of aliphatic imine (C=N–C) groups is 1. The second-order valence-electron chi connectivity index (χ2n) is 4.42. The Kier molecular flexibility index (Phi) is 4.58. The van der Waals surface area contributed by atoms with E-state index in [2.05, 4.69) is 9.98 Å². The monoisotopic (exact) mass is 289 g/mol. The normalized spacial score (nSPS) is 11.4. The topological polar surface area (TPSA) is 60.5 Å². The van der Waals surface area contributed by atoms with Crippen LogP contribution in [0.4, 0.5) is 5.69 Å². The minimum Gasteiger partial charge on any atom is -0.455 e. The van der Waals surface area contributed by atoms with Crippen molar-refractivity contribution in [2.24, 2.45) is 10.7 Å². The second-order valence-corrected chi connectivity index (χ2v) is 4.69. The lowest BCUT2D eigenvalue weighted by molar-refractivity contribution is 0.476. The highest BCUT2D eigenvalue weighted by Gasteiger charge is 2.03. The van der Waals surface area contributed by atoms with Crippen LogP contribution in [-0.4, -0.2) is 16.7 Å². The summed E-state index contributed by atoms with van der Waals surface area (Å²) in [4.78, 5) is 8.39. The predicted octanol–water partition coefficient (Wildman–Crippen LogP) is 3.72. The highest BCUT2D eigenvalue weighted by Crippen LogP contribution is 2.28. The van der Waals surface area contributed by atoms with Crippen LogP contribution in [0.25, 0.3) is 0 Å². The zero-order valence-electron chi connectivity index (χ0n) is 11.4. The summed E-state index contributed by atoms with van der Waals surface area (Å²) in [6, 6.07) is 9.39. The van der Waals surface area contributed by atoms with Gasteiger partial charge in [-0.1, -0.05) is 0 Å². The van der Waals surface area contributed by atoms with Crippen LogP contribution in [0.5, 0.6) is 11.5 Å². The first-order valence-electron chi connectivity index (χ1n) is 6.18. The molecule has 2 rings (SSSR count). The lowest BCUT2D eigenvalue weighted by atomic mass is 10.2. The van der Waals surface area contributed by atoms with Crippen LogP contribution in [0.3, 0.4) is 0 Å². The van der Waals surface area contributed by atoms with Crippen LogP contribution in [0.1, 0.15) is 11.3 Å². The maximum Gasteiger partial charge on any atom is 0.145 e. The molecule has 2 N–H and O–H groups in total. The molecular formula is C15H16ClN3O. The van der Waals surface area contributed by atoms with E-state index >= 15 is 0 Å². The number of nitrogens with zero attached hydrogens (tertiary/aromatic N) is 2. The van der Waals surface area contributed by atoms with E-state index in [9.17, 15) is 0 Å². The molecule has 0 atom stereocenters. The summed E-state index contributed by atoms with van der Waals surface area (Å²) in [5.41, 5.74) is 8.29. The first kappa shape index (κ1) is 14.3. The van der Waals surface area contributed by atoms with Crippen molar-refractivity contribution in [2.45, 2.75) is 13.8 Å². The van der Waals surface area contributed by atoms with Crippen LogP contribution in [0.2, 0.25) is 0 Å². The Balaban J connectivity index is 2.19. The number of aromatic nitrogens is 1. The van der Waals surface area contributed by atoms with Gasteiger partial charge in [-0.3, -0.25) is 4.98 Å². The lowest BCUT2D eigenvalue weighted by Gasteiger charge is -2.09. The van der Waals surface area contributed by atoms with E-state index in [0.29, 0.717) is 11.6 Å². The third-order valence-corrected chi connectivity index (χ3v) is 2.95. The molecule has 20 heavy (non-hydrogen) atoms. The van der Waals surface area contributed by atoms with Crippen molar-refractivity contribution in [1.29, 1.82) is 0 Å². The van der Waals surface area contributed by atoms with E-state index in [-0.39, 0.29) is 5.88 Å². The van der Waals surface area contributed by atoms with Gasteiger partial charge in [0.25, 0.3) is 0 Å². The van der Waals surface area contributed by atoms with Gasteiger partial charge in [0.15, 0.2) is 0 Å². The molecule has 0 saturated carbocycles. The average molecular weight is 290 g/mol. The molecule has 2 aromatic rings. The fourth-order valence-electron chi connectivity index (χ4n) is 1.65. The summed E-state index contributed by atoms with van der Waals surface area (Å²) in [7, 11) is 0. The van der Waals surface area contributed by atoms with Crippen LogP contribution in [0, 0.1) is 13.8 Å². The highest BCUT2D eigenvalue weighted by atomic mass is 35.5. The number of pyridine rings is 1. The first-order valence-corrected chi connectivity index (χ1v) is 6.72. The van der Waals surface area contributed by atoms with Crippen LogP contribution >= 0.6 is 11.6 Å². The molecule has 104 valence electrons. The van der Waals surface area contributed by atoms with Gasteiger partial charge in [-0.05, 0) is 49.7 Å². The number of benzene rings is 1. The Morgan fingerprint density at radius 2 is 2.10 bits per heavy atom. The zero-order chi connectivity index (χ0) is 14.5. The van der Waals surface area contributed by atoms with Crippen LogP contribution in [-0.2, 0) is 0 Å². The van der Waals surface area contributed by atoms with Gasteiger partial charge in [-0.15, -0.1) is 11.6 Å².